The third-order valence-electron chi connectivity index (χ3n) is 9.50. The SMILES string of the molecule is CCCCCCCC/C=C\CCCCCCCCCC(=O)OC(CO)COCCCCCCCCCC/C=C\CCCCCCCCC. The van der Waals surface area contributed by atoms with E-state index in [-0.39, 0.29) is 12.6 Å². The first-order valence-corrected chi connectivity index (χ1v) is 21.4. The van der Waals surface area contributed by atoms with Crippen molar-refractivity contribution in [3.63, 3.8) is 0 Å². The van der Waals surface area contributed by atoms with Crippen LogP contribution >= 0.6 is 0 Å². The third-order valence-corrected chi connectivity index (χ3v) is 9.50. The predicted molar refractivity (Wildman–Crippen MR) is 210 cm³/mol. The first kappa shape index (κ1) is 46.9. The fourth-order valence-corrected chi connectivity index (χ4v) is 6.26. The Bertz CT molecular complexity index is 673. The number of hydrogen-bond acceptors (Lipinski definition) is 4. The highest BCUT2D eigenvalue weighted by Gasteiger charge is 2.13. The molecule has 0 amide bonds. The molecule has 0 bridgehead atoms. The van der Waals surface area contributed by atoms with Crippen molar-refractivity contribution < 1.29 is 19.4 Å². The van der Waals surface area contributed by atoms with Crippen molar-refractivity contribution >= 4 is 5.97 Å². The van der Waals surface area contributed by atoms with Crippen molar-refractivity contribution in [3.8, 4) is 0 Å². The van der Waals surface area contributed by atoms with Crippen LogP contribution in [0.5, 0.6) is 0 Å². The molecular weight excluding hydrogens is 592 g/mol. The molecule has 284 valence electrons. The van der Waals surface area contributed by atoms with Crippen LogP contribution in [-0.4, -0.2) is 37.0 Å². The lowest BCUT2D eigenvalue weighted by molar-refractivity contribution is -0.154. The van der Waals surface area contributed by atoms with E-state index in [2.05, 4.69) is 38.2 Å². The molecule has 0 fully saturated rings. The smallest absolute Gasteiger partial charge is 0.306 e. The number of unbranched alkanes of at least 4 members (excludes halogenated alkanes) is 28. The molecule has 1 N–H and O–H groups in total. The van der Waals surface area contributed by atoms with E-state index in [1.807, 2.05) is 0 Å². The summed E-state index contributed by atoms with van der Waals surface area (Å²) in [4.78, 5) is 12.2. The highest BCUT2D eigenvalue weighted by atomic mass is 16.6. The molecule has 0 aromatic carbocycles. The van der Waals surface area contributed by atoms with Crippen LogP contribution < -0.4 is 0 Å². The van der Waals surface area contributed by atoms with Crippen LogP contribution in [0.4, 0.5) is 0 Å². The Kier molecular flexibility index (Phi) is 41.0. The number of carbonyl (C=O) groups is 1. The number of rotatable bonds is 40. The van der Waals surface area contributed by atoms with E-state index in [1.54, 1.807) is 0 Å². The summed E-state index contributed by atoms with van der Waals surface area (Å²) < 4.78 is 11.2. The molecule has 0 radical (unpaired) electrons. The van der Waals surface area contributed by atoms with Crippen LogP contribution in [0, 0.1) is 0 Å². The molecule has 0 aliphatic carbocycles. The average molecular weight is 677 g/mol. The average Bonchev–Trinajstić information content (AvgIpc) is 3.09. The quantitative estimate of drug-likeness (QED) is 0.0399. The lowest BCUT2D eigenvalue weighted by Crippen LogP contribution is -2.27. The van der Waals surface area contributed by atoms with Crippen LogP contribution in [-0.2, 0) is 14.3 Å². The van der Waals surface area contributed by atoms with Crippen molar-refractivity contribution in [2.75, 3.05) is 19.8 Å². The summed E-state index contributed by atoms with van der Waals surface area (Å²) in [6.07, 6.45) is 50.9. The van der Waals surface area contributed by atoms with E-state index < -0.39 is 6.10 Å². The second-order valence-electron chi connectivity index (χ2n) is 14.4. The molecule has 1 unspecified atom stereocenters. The molecule has 0 aromatic heterocycles. The molecule has 0 aliphatic heterocycles. The zero-order valence-corrected chi connectivity index (χ0v) is 32.5. The minimum Gasteiger partial charge on any atom is -0.457 e. The second-order valence-corrected chi connectivity index (χ2v) is 14.4. The van der Waals surface area contributed by atoms with Crippen molar-refractivity contribution in [1.82, 2.24) is 0 Å². The first-order chi connectivity index (χ1) is 23.7. The molecule has 0 saturated carbocycles. The second kappa shape index (κ2) is 42.0. The van der Waals surface area contributed by atoms with E-state index in [0.29, 0.717) is 19.6 Å². The molecule has 48 heavy (non-hydrogen) atoms. The molecule has 0 aromatic rings. The zero-order chi connectivity index (χ0) is 34.9. The number of ether oxygens (including phenoxy) is 2. The summed E-state index contributed by atoms with van der Waals surface area (Å²) >= 11 is 0. The summed E-state index contributed by atoms with van der Waals surface area (Å²) in [7, 11) is 0. The van der Waals surface area contributed by atoms with Gasteiger partial charge in [0.25, 0.3) is 0 Å². The highest BCUT2D eigenvalue weighted by molar-refractivity contribution is 5.69. The summed E-state index contributed by atoms with van der Waals surface area (Å²) in [6.45, 7) is 5.36. The Morgan fingerprint density at radius 2 is 0.812 bits per heavy atom. The van der Waals surface area contributed by atoms with Gasteiger partial charge in [-0.3, -0.25) is 4.79 Å². The van der Waals surface area contributed by atoms with Gasteiger partial charge in [-0.2, -0.15) is 0 Å². The number of aliphatic hydroxyl groups excluding tert-OH is 1. The summed E-state index contributed by atoms with van der Waals surface area (Å²) in [5.41, 5.74) is 0. The molecule has 0 spiro atoms. The van der Waals surface area contributed by atoms with Gasteiger partial charge in [-0.25, -0.2) is 0 Å². The fraction of sp³-hybridized carbons (Fsp3) is 0.886. The van der Waals surface area contributed by atoms with E-state index >= 15 is 0 Å². The van der Waals surface area contributed by atoms with Crippen molar-refractivity contribution in [2.24, 2.45) is 0 Å². The van der Waals surface area contributed by atoms with Crippen LogP contribution in [0.15, 0.2) is 24.3 Å². The molecule has 1 atom stereocenters. The highest BCUT2D eigenvalue weighted by Crippen LogP contribution is 2.14. The van der Waals surface area contributed by atoms with Gasteiger partial charge in [-0.05, 0) is 64.2 Å². The van der Waals surface area contributed by atoms with Gasteiger partial charge in [0.05, 0.1) is 13.2 Å². The van der Waals surface area contributed by atoms with Gasteiger partial charge in [0.2, 0.25) is 0 Å². The van der Waals surface area contributed by atoms with Gasteiger partial charge in [-0.1, -0.05) is 179 Å². The number of hydrogen-bond donors (Lipinski definition) is 1. The summed E-state index contributed by atoms with van der Waals surface area (Å²) in [6, 6.07) is 0. The van der Waals surface area contributed by atoms with Crippen molar-refractivity contribution in [3.05, 3.63) is 24.3 Å². The Labute approximate surface area is 300 Å². The Balaban J connectivity index is 3.41. The molecule has 4 nitrogen and oxygen atoms in total. The van der Waals surface area contributed by atoms with E-state index in [9.17, 15) is 9.90 Å². The Morgan fingerprint density at radius 3 is 1.19 bits per heavy atom. The number of aliphatic hydroxyl groups is 1. The lowest BCUT2D eigenvalue weighted by Gasteiger charge is -2.16. The maximum Gasteiger partial charge on any atom is 0.306 e. The maximum absolute atomic E-state index is 12.2. The van der Waals surface area contributed by atoms with Gasteiger partial charge in [0, 0.05) is 13.0 Å². The fourth-order valence-electron chi connectivity index (χ4n) is 6.26. The van der Waals surface area contributed by atoms with Crippen LogP contribution in [0.1, 0.15) is 226 Å². The predicted octanol–water partition coefficient (Wildman–Crippen LogP) is 13.9. The van der Waals surface area contributed by atoms with E-state index in [1.165, 1.54) is 186 Å². The molecule has 0 heterocycles. The topological polar surface area (TPSA) is 55.8 Å². The molecule has 0 rings (SSSR count). The number of allylic oxidation sites excluding steroid dienone is 4. The normalized spacial score (nSPS) is 12.5. The first-order valence-electron chi connectivity index (χ1n) is 21.4. The van der Waals surface area contributed by atoms with Gasteiger partial charge in [0.1, 0.15) is 6.10 Å². The molecule has 0 saturated heterocycles. The van der Waals surface area contributed by atoms with E-state index in [0.717, 1.165) is 19.3 Å². The molecule has 4 heteroatoms. The van der Waals surface area contributed by atoms with Crippen molar-refractivity contribution in [1.29, 1.82) is 0 Å². The third kappa shape index (κ3) is 39.3. The van der Waals surface area contributed by atoms with E-state index in [4.69, 9.17) is 9.47 Å². The number of esters is 1. The largest absolute Gasteiger partial charge is 0.457 e. The van der Waals surface area contributed by atoms with Gasteiger partial charge < -0.3 is 14.6 Å². The zero-order valence-electron chi connectivity index (χ0n) is 32.5. The van der Waals surface area contributed by atoms with Crippen molar-refractivity contribution in [2.45, 2.75) is 232 Å². The standard InChI is InChI=1S/C44H84O4/c1-3-5-7-9-11-13-15-17-19-21-22-24-26-28-30-32-34-36-38-40-47-42-43(41-45)48-44(46)39-37-35-33-31-29-27-25-23-20-18-16-14-12-10-8-6-4-2/h18-21,43,45H,3-17,22-42H2,1-2H3/b20-18-,21-19-. The van der Waals surface area contributed by atoms with Crippen LogP contribution in [0.2, 0.25) is 0 Å². The summed E-state index contributed by atoms with van der Waals surface area (Å²) in [5, 5.41) is 9.60. The van der Waals surface area contributed by atoms with Gasteiger partial charge in [-0.15, -0.1) is 0 Å². The van der Waals surface area contributed by atoms with Gasteiger partial charge in [0.15, 0.2) is 0 Å². The summed E-state index contributed by atoms with van der Waals surface area (Å²) in [5.74, 6) is -0.204. The minimum atomic E-state index is -0.535. The maximum atomic E-state index is 12.2. The Morgan fingerprint density at radius 1 is 0.479 bits per heavy atom. The monoisotopic (exact) mass is 677 g/mol. The molecule has 0 aliphatic rings. The van der Waals surface area contributed by atoms with Gasteiger partial charge >= 0.3 is 5.97 Å². The minimum absolute atomic E-state index is 0.172. The van der Waals surface area contributed by atoms with Crippen LogP contribution in [0.3, 0.4) is 0 Å². The Hall–Kier alpha value is -1.13. The van der Waals surface area contributed by atoms with Crippen LogP contribution in [0.25, 0.3) is 0 Å². The molecular formula is C44H84O4. The lowest BCUT2D eigenvalue weighted by atomic mass is 10.1. The number of carbonyl (C=O) groups excluding carboxylic acids is 1.